The Morgan fingerprint density at radius 3 is 2.61 bits per heavy atom. The van der Waals surface area contributed by atoms with Crippen LogP contribution in [0.4, 0.5) is 13.2 Å². The van der Waals surface area contributed by atoms with Crippen molar-refractivity contribution in [1.29, 1.82) is 0 Å². The van der Waals surface area contributed by atoms with E-state index in [0.29, 0.717) is 18.9 Å². The van der Waals surface area contributed by atoms with Crippen molar-refractivity contribution in [2.24, 2.45) is 5.92 Å². The molecule has 1 saturated heterocycles. The molecule has 2 nitrogen and oxygen atoms in total. The molecule has 0 aromatic carbocycles. The Bertz CT molecular complexity index is 263. The summed E-state index contributed by atoms with van der Waals surface area (Å²) in [7, 11) is 0. The van der Waals surface area contributed by atoms with E-state index in [0.717, 1.165) is 19.5 Å². The maximum Gasteiger partial charge on any atom is 0.393 e. The number of piperidine rings is 1. The van der Waals surface area contributed by atoms with E-state index in [1.165, 1.54) is 12.8 Å². The zero-order valence-electron chi connectivity index (χ0n) is 11.0. The van der Waals surface area contributed by atoms with Crippen LogP contribution in [0.3, 0.4) is 0 Å². The van der Waals surface area contributed by atoms with Crippen molar-refractivity contribution in [3.05, 3.63) is 0 Å². The molecule has 2 atom stereocenters. The van der Waals surface area contributed by atoms with E-state index in [-0.39, 0.29) is 12.6 Å². The highest BCUT2D eigenvalue weighted by Crippen LogP contribution is 2.33. The molecule has 18 heavy (non-hydrogen) atoms. The zero-order chi connectivity index (χ0) is 13.2. The van der Waals surface area contributed by atoms with Crippen LogP contribution in [-0.2, 0) is 0 Å². The van der Waals surface area contributed by atoms with Crippen LogP contribution in [0.5, 0.6) is 0 Å². The van der Waals surface area contributed by atoms with Crippen LogP contribution in [0.25, 0.3) is 0 Å². The summed E-state index contributed by atoms with van der Waals surface area (Å²) in [6, 6.07) is 0.933. The van der Waals surface area contributed by atoms with Crippen LogP contribution in [-0.4, -0.2) is 42.8 Å². The van der Waals surface area contributed by atoms with Crippen molar-refractivity contribution < 1.29 is 13.2 Å². The Morgan fingerprint density at radius 1 is 1.28 bits per heavy atom. The first-order valence-corrected chi connectivity index (χ1v) is 7.01. The van der Waals surface area contributed by atoms with Crippen LogP contribution in [0.1, 0.15) is 39.0 Å². The predicted molar refractivity (Wildman–Crippen MR) is 65.5 cm³/mol. The topological polar surface area (TPSA) is 15.3 Å². The molecule has 2 aliphatic rings. The SMILES string of the molecule is CC(CCNC1CC1)N1CCCC(C(F)(F)F)C1. The lowest BCUT2D eigenvalue weighted by atomic mass is 9.96. The highest BCUT2D eigenvalue weighted by molar-refractivity contribution is 4.83. The Balaban J connectivity index is 1.72. The van der Waals surface area contributed by atoms with Gasteiger partial charge in [0.2, 0.25) is 0 Å². The Kier molecular flexibility index (Phi) is 4.54. The van der Waals surface area contributed by atoms with Gasteiger partial charge in [-0.3, -0.25) is 0 Å². The van der Waals surface area contributed by atoms with Gasteiger partial charge >= 0.3 is 6.18 Å². The van der Waals surface area contributed by atoms with Gasteiger partial charge in [-0.1, -0.05) is 0 Å². The van der Waals surface area contributed by atoms with Gasteiger partial charge in [-0.15, -0.1) is 0 Å². The monoisotopic (exact) mass is 264 g/mol. The molecule has 0 spiro atoms. The maximum atomic E-state index is 12.7. The predicted octanol–water partition coefficient (Wildman–Crippen LogP) is 2.79. The molecule has 5 heteroatoms. The molecule has 1 N–H and O–H groups in total. The summed E-state index contributed by atoms with van der Waals surface area (Å²) in [5.41, 5.74) is 0. The second kappa shape index (κ2) is 5.78. The van der Waals surface area contributed by atoms with Crippen molar-refractivity contribution in [2.75, 3.05) is 19.6 Å². The molecule has 1 heterocycles. The number of rotatable bonds is 5. The van der Waals surface area contributed by atoms with E-state index in [1.54, 1.807) is 0 Å². The highest BCUT2D eigenvalue weighted by atomic mass is 19.4. The smallest absolute Gasteiger partial charge is 0.314 e. The summed E-state index contributed by atoms with van der Waals surface area (Å²) in [6.45, 7) is 3.98. The minimum atomic E-state index is -4.02. The lowest BCUT2D eigenvalue weighted by molar-refractivity contribution is -0.188. The summed E-state index contributed by atoms with van der Waals surface area (Å²) in [4.78, 5) is 2.01. The second-order valence-corrected chi connectivity index (χ2v) is 5.74. The zero-order valence-corrected chi connectivity index (χ0v) is 11.0. The maximum absolute atomic E-state index is 12.7. The summed E-state index contributed by atoms with van der Waals surface area (Å²) in [5.74, 6) is -1.12. The molecule has 2 rings (SSSR count). The van der Waals surface area contributed by atoms with E-state index in [2.05, 4.69) is 5.32 Å². The van der Waals surface area contributed by atoms with Gasteiger partial charge in [0.15, 0.2) is 0 Å². The number of hydrogen-bond acceptors (Lipinski definition) is 2. The normalized spacial score (nSPS) is 28.3. The summed E-state index contributed by atoms with van der Waals surface area (Å²) in [6.07, 6.45) is 0.409. The second-order valence-electron chi connectivity index (χ2n) is 5.74. The Morgan fingerprint density at radius 2 is 2.00 bits per heavy atom. The quantitative estimate of drug-likeness (QED) is 0.821. The van der Waals surface area contributed by atoms with Crippen LogP contribution < -0.4 is 5.32 Å². The van der Waals surface area contributed by atoms with Gasteiger partial charge in [0.05, 0.1) is 5.92 Å². The fourth-order valence-corrected chi connectivity index (χ4v) is 2.64. The Labute approximate surface area is 107 Å². The van der Waals surface area contributed by atoms with Gasteiger partial charge in [0.1, 0.15) is 0 Å². The van der Waals surface area contributed by atoms with Crippen LogP contribution >= 0.6 is 0 Å². The summed E-state index contributed by atoms with van der Waals surface area (Å²) < 4.78 is 38.1. The standard InChI is InChI=1S/C13H23F3N2/c1-10(6-7-17-12-4-5-12)18-8-2-3-11(9-18)13(14,15)16/h10-12,17H,2-9H2,1H3. The third-order valence-corrected chi connectivity index (χ3v) is 4.11. The minimum Gasteiger partial charge on any atom is -0.314 e. The van der Waals surface area contributed by atoms with Crippen LogP contribution in [0.2, 0.25) is 0 Å². The number of nitrogens with one attached hydrogen (secondary N) is 1. The van der Waals surface area contributed by atoms with E-state index in [9.17, 15) is 13.2 Å². The van der Waals surface area contributed by atoms with E-state index < -0.39 is 12.1 Å². The number of hydrogen-bond donors (Lipinski definition) is 1. The molecule has 1 aliphatic carbocycles. The fourth-order valence-electron chi connectivity index (χ4n) is 2.64. The number of nitrogens with zero attached hydrogens (tertiary/aromatic N) is 1. The van der Waals surface area contributed by atoms with Gasteiger partial charge in [-0.2, -0.15) is 13.2 Å². The van der Waals surface area contributed by atoms with Crippen molar-refractivity contribution in [3.63, 3.8) is 0 Å². The molecule has 0 bridgehead atoms. The molecule has 1 saturated carbocycles. The lowest BCUT2D eigenvalue weighted by Crippen LogP contribution is -2.46. The van der Waals surface area contributed by atoms with Crippen molar-refractivity contribution in [2.45, 2.75) is 57.3 Å². The highest BCUT2D eigenvalue weighted by Gasteiger charge is 2.42. The molecule has 0 radical (unpaired) electrons. The lowest BCUT2D eigenvalue weighted by Gasteiger charge is -2.37. The molecular weight excluding hydrogens is 241 g/mol. The van der Waals surface area contributed by atoms with E-state index >= 15 is 0 Å². The van der Waals surface area contributed by atoms with Crippen molar-refractivity contribution in [3.8, 4) is 0 Å². The minimum absolute atomic E-state index is 0.189. The average Bonchev–Trinajstić information content (AvgIpc) is 3.12. The molecular formula is C13H23F3N2. The van der Waals surface area contributed by atoms with Crippen molar-refractivity contribution >= 4 is 0 Å². The summed E-state index contributed by atoms with van der Waals surface area (Å²) >= 11 is 0. The van der Waals surface area contributed by atoms with E-state index in [4.69, 9.17) is 0 Å². The first-order valence-electron chi connectivity index (χ1n) is 7.01. The third kappa shape index (κ3) is 4.12. The molecule has 106 valence electrons. The van der Waals surface area contributed by atoms with E-state index in [1.807, 2.05) is 11.8 Å². The van der Waals surface area contributed by atoms with Crippen molar-refractivity contribution in [1.82, 2.24) is 10.2 Å². The molecule has 1 aliphatic heterocycles. The van der Waals surface area contributed by atoms with Gasteiger partial charge in [-0.25, -0.2) is 0 Å². The number of alkyl halides is 3. The average molecular weight is 264 g/mol. The van der Waals surface area contributed by atoms with Gasteiger partial charge in [0.25, 0.3) is 0 Å². The molecule has 0 aromatic heterocycles. The Hall–Kier alpha value is -0.290. The number of halogens is 3. The molecule has 0 amide bonds. The third-order valence-electron chi connectivity index (χ3n) is 4.11. The molecule has 2 fully saturated rings. The van der Waals surface area contributed by atoms with Gasteiger partial charge < -0.3 is 10.2 Å². The largest absolute Gasteiger partial charge is 0.393 e. The van der Waals surface area contributed by atoms with Crippen LogP contribution in [0.15, 0.2) is 0 Å². The fraction of sp³-hybridized carbons (Fsp3) is 1.00. The first kappa shape index (κ1) is 14.1. The molecule has 0 aromatic rings. The van der Waals surface area contributed by atoms with Crippen LogP contribution in [0, 0.1) is 5.92 Å². The first-order chi connectivity index (χ1) is 8.47. The van der Waals surface area contributed by atoms with Gasteiger partial charge in [-0.05, 0) is 52.1 Å². The number of likely N-dealkylation sites (tertiary alicyclic amines) is 1. The van der Waals surface area contributed by atoms with Gasteiger partial charge in [0, 0.05) is 18.6 Å². The molecule has 2 unspecified atom stereocenters. The summed E-state index contributed by atoms with van der Waals surface area (Å²) in [5, 5.41) is 3.42.